The molecule has 1 fully saturated rings. The summed E-state index contributed by atoms with van der Waals surface area (Å²) in [5.74, 6) is 1.69. The number of esters is 1. The number of ether oxygens (including phenoxy) is 2. The maximum Gasteiger partial charge on any atom is 0.350 e. The number of halogens is 1. The van der Waals surface area contributed by atoms with Gasteiger partial charge in [0.15, 0.2) is 5.96 Å². The lowest BCUT2D eigenvalue weighted by Gasteiger charge is -2.16. The third-order valence-corrected chi connectivity index (χ3v) is 5.96. The van der Waals surface area contributed by atoms with Gasteiger partial charge in [-0.2, -0.15) is 0 Å². The zero-order valence-electron chi connectivity index (χ0n) is 18.3. The van der Waals surface area contributed by atoms with E-state index in [1.807, 2.05) is 32.2 Å². The first-order valence-corrected chi connectivity index (χ1v) is 11.0. The van der Waals surface area contributed by atoms with Crippen molar-refractivity contribution in [3.8, 4) is 5.88 Å². The van der Waals surface area contributed by atoms with Crippen molar-refractivity contribution in [1.82, 2.24) is 20.6 Å². The normalized spacial score (nSPS) is 14.4. The summed E-state index contributed by atoms with van der Waals surface area (Å²) in [6.45, 7) is 7.27. The Hall–Kier alpha value is -1.95. The molecule has 1 aliphatic carbocycles. The number of aliphatic imine (C=N–C) groups is 1. The molecule has 0 saturated heterocycles. The van der Waals surface area contributed by atoms with Crippen LogP contribution in [-0.4, -0.2) is 42.2 Å². The predicted molar refractivity (Wildman–Crippen MR) is 132 cm³/mol. The van der Waals surface area contributed by atoms with E-state index in [0.29, 0.717) is 41.5 Å². The zero-order valence-corrected chi connectivity index (χ0v) is 21.5. The summed E-state index contributed by atoms with van der Waals surface area (Å²) in [6, 6.07) is 3.78. The number of pyridine rings is 1. The molecule has 10 heteroatoms. The molecular weight excluding hydrogens is 529 g/mol. The molecule has 0 amide bonds. The molecule has 0 aromatic carbocycles. The Morgan fingerprint density at radius 1 is 1.39 bits per heavy atom. The van der Waals surface area contributed by atoms with Crippen LogP contribution in [0.1, 0.15) is 58.7 Å². The number of nitrogens with one attached hydrogen (secondary N) is 2. The van der Waals surface area contributed by atoms with E-state index >= 15 is 0 Å². The topological polar surface area (TPSA) is 97.7 Å². The number of rotatable bonds is 9. The minimum absolute atomic E-state index is 0. The molecule has 0 bridgehead atoms. The smallest absolute Gasteiger partial charge is 0.350 e. The Labute approximate surface area is 204 Å². The van der Waals surface area contributed by atoms with Gasteiger partial charge in [-0.25, -0.2) is 14.8 Å². The molecule has 2 aromatic rings. The van der Waals surface area contributed by atoms with Crippen molar-refractivity contribution in [2.45, 2.75) is 46.2 Å². The van der Waals surface area contributed by atoms with E-state index in [4.69, 9.17) is 9.47 Å². The summed E-state index contributed by atoms with van der Waals surface area (Å²) in [5, 5.41) is 7.38. The van der Waals surface area contributed by atoms with Crippen LogP contribution in [0.3, 0.4) is 0 Å². The monoisotopic (exact) mass is 559 g/mol. The maximum absolute atomic E-state index is 12.0. The van der Waals surface area contributed by atoms with Gasteiger partial charge in [0.25, 0.3) is 0 Å². The van der Waals surface area contributed by atoms with Crippen LogP contribution in [0.15, 0.2) is 23.3 Å². The average Bonchev–Trinajstić information content (AvgIpc) is 3.49. The minimum atomic E-state index is -0.328. The Balaban J connectivity index is 0.00000341. The number of nitrogens with zero attached hydrogens (tertiary/aromatic N) is 3. The lowest BCUT2D eigenvalue weighted by atomic mass is 10.3. The average molecular weight is 559 g/mol. The van der Waals surface area contributed by atoms with E-state index in [1.54, 1.807) is 14.0 Å². The fourth-order valence-electron chi connectivity index (χ4n) is 2.72. The van der Waals surface area contributed by atoms with E-state index in [9.17, 15) is 4.79 Å². The number of thiazole rings is 1. The SMILES string of the molecule is CCOC(=O)c1sc(C(C)NC(=NC)NCc2ccc(OCC3CC3)nc2)nc1C.I. The minimum Gasteiger partial charge on any atom is -0.477 e. The molecule has 1 aliphatic rings. The van der Waals surface area contributed by atoms with Crippen molar-refractivity contribution in [1.29, 1.82) is 0 Å². The van der Waals surface area contributed by atoms with Crippen LogP contribution in [0, 0.1) is 12.8 Å². The predicted octanol–water partition coefficient (Wildman–Crippen LogP) is 3.86. The molecule has 8 nitrogen and oxygen atoms in total. The second kappa shape index (κ2) is 12.2. The van der Waals surface area contributed by atoms with Crippen LogP contribution in [0.5, 0.6) is 5.88 Å². The molecule has 2 aromatic heterocycles. The Morgan fingerprint density at radius 3 is 2.77 bits per heavy atom. The van der Waals surface area contributed by atoms with Crippen molar-refractivity contribution in [3.63, 3.8) is 0 Å². The van der Waals surface area contributed by atoms with Crippen LogP contribution in [-0.2, 0) is 11.3 Å². The number of carbonyl (C=O) groups is 1. The van der Waals surface area contributed by atoms with Crippen molar-refractivity contribution < 1.29 is 14.3 Å². The zero-order chi connectivity index (χ0) is 21.5. The van der Waals surface area contributed by atoms with Gasteiger partial charge >= 0.3 is 5.97 Å². The first-order valence-electron chi connectivity index (χ1n) is 10.2. The van der Waals surface area contributed by atoms with E-state index in [2.05, 4.69) is 25.6 Å². The Morgan fingerprint density at radius 2 is 2.16 bits per heavy atom. The van der Waals surface area contributed by atoms with Gasteiger partial charge < -0.3 is 20.1 Å². The molecule has 2 heterocycles. The number of hydrogen-bond acceptors (Lipinski definition) is 7. The number of hydrogen-bond donors (Lipinski definition) is 2. The quantitative estimate of drug-likeness (QED) is 0.209. The number of aryl methyl sites for hydroxylation is 1. The van der Waals surface area contributed by atoms with Crippen molar-refractivity contribution >= 4 is 47.2 Å². The second-order valence-electron chi connectivity index (χ2n) is 7.24. The number of guanidine groups is 1. The van der Waals surface area contributed by atoms with E-state index in [1.165, 1.54) is 24.2 Å². The molecule has 3 rings (SSSR count). The van der Waals surface area contributed by atoms with E-state index < -0.39 is 0 Å². The van der Waals surface area contributed by atoms with Gasteiger partial charge in [-0.15, -0.1) is 35.3 Å². The summed E-state index contributed by atoms with van der Waals surface area (Å²) in [5.41, 5.74) is 1.71. The summed E-state index contributed by atoms with van der Waals surface area (Å²) in [6.07, 6.45) is 4.33. The highest BCUT2D eigenvalue weighted by Crippen LogP contribution is 2.29. The van der Waals surface area contributed by atoms with Gasteiger partial charge in [0.2, 0.25) is 5.88 Å². The van der Waals surface area contributed by atoms with Gasteiger partial charge in [0.05, 0.1) is 24.9 Å². The first-order chi connectivity index (χ1) is 14.5. The second-order valence-corrected chi connectivity index (χ2v) is 8.27. The highest BCUT2D eigenvalue weighted by Gasteiger charge is 2.22. The van der Waals surface area contributed by atoms with Crippen LogP contribution in [0.4, 0.5) is 0 Å². The Kier molecular flexibility index (Phi) is 9.94. The van der Waals surface area contributed by atoms with E-state index in [-0.39, 0.29) is 36.0 Å². The fraction of sp³-hybridized carbons (Fsp3) is 0.524. The number of aromatic nitrogens is 2. The summed E-state index contributed by atoms with van der Waals surface area (Å²) in [7, 11) is 1.71. The molecule has 31 heavy (non-hydrogen) atoms. The van der Waals surface area contributed by atoms with Crippen LogP contribution in [0.2, 0.25) is 0 Å². The van der Waals surface area contributed by atoms with Crippen molar-refractivity contribution in [2.75, 3.05) is 20.3 Å². The van der Waals surface area contributed by atoms with Crippen LogP contribution >= 0.6 is 35.3 Å². The summed E-state index contributed by atoms with van der Waals surface area (Å²) < 4.78 is 10.8. The van der Waals surface area contributed by atoms with Gasteiger partial charge in [-0.1, -0.05) is 6.07 Å². The molecule has 2 N–H and O–H groups in total. The third-order valence-electron chi connectivity index (χ3n) is 4.64. The Bertz CT molecular complexity index is 884. The third kappa shape index (κ3) is 7.60. The van der Waals surface area contributed by atoms with Gasteiger partial charge in [0.1, 0.15) is 9.88 Å². The molecule has 1 unspecified atom stereocenters. The summed E-state index contributed by atoms with van der Waals surface area (Å²) >= 11 is 1.34. The highest BCUT2D eigenvalue weighted by atomic mass is 127. The molecule has 0 spiro atoms. The molecule has 0 radical (unpaired) electrons. The van der Waals surface area contributed by atoms with E-state index in [0.717, 1.165) is 17.2 Å². The fourth-order valence-corrected chi connectivity index (χ4v) is 3.69. The van der Waals surface area contributed by atoms with Crippen molar-refractivity contribution in [3.05, 3.63) is 39.5 Å². The lowest BCUT2D eigenvalue weighted by Crippen LogP contribution is -2.38. The lowest BCUT2D eigenvalue weighted by molar-refractivity contribution is 0.0531. The first kappa shape index (κ1) is 25.3. The largest absolute Gasteiger partial charge is 0.477 e. The molecule has 1 saturated carbocycles. The maximum atomic E-state index is 12.0. The summed E-state index contributed by atoms with van der Waals surface area (Å²) in [4.78, 5) is 25.7. The number of carbonyl (C=O) groups excluding carboxylic acids is 1. The van der Waals surface area contributed by atoms with Gasteiger partial charge in [0, 0.05) is 25.9 Å². The van der Waals surface area contributed by atoms with Crippen LogP contribution < -0.4 is 15.4 Å². The van der Waals surface area contributed by atoms with Gasteiger partial charge in [-0.05, 0) is 45.1 Å². The molecular formula is C21H30IN5O3S. The van der Waals surface area contributed by atoms with Crippen LogP contribution in [0.25, 0.3) is 0 Å². The standard InChI is InChI=1S/C21H29N5O3S.HI/c1-5-28-20(27)18-13(2)25-19(30-18)14(3)26-21(22-4)24-11-16-8-9-17(23-10-16)29-12-15-6-7-15;/h8-10,14-15H,5-7,11-12H2,1-4H3,(H2,22,24,26);1H. The van der Waals surface area contributed by atoms with Crippen molar-refractivity contribution in [2.24, 2.45) is 10.9 Å². The molecule has 0 aliphatic heterocycles. The molecule has 170 valence electrons. The van der Waals surface area contributed by atoms with Gasteiger partial charge in [-0.3, -0.25) is 4.99 Å². The highest BCUT2D eigenvalue weighted by molar-refractivity contribution is 14.0. The molecule has 1 atom stereocenters.